The Balaban J connectivity index is 0.000000447. The third-order valence-electron chi connectivity index (χ3n) is 3.71. The van der Waals surface area contributed by atoms with Crippen molar-refractivity contribution < 1.29 is 29.3 Å². The number of aliphatic carboxylic acids is 2. The van der Waals surface area contributed by atoms with Crippen molar-refractivity contribution in [1.82, 2.24) is 0 Å². The largest absolute Gasteiger partial charge is 0.497 e. The molecule has 0 aromatic heterocycles. The number of rotatable bonds is 9. The fourth-order valence-corrected chi connectivity index (χ4v) is 2.41. The van der Waals surface area contributed by atoms with E-state index in [0.29, 0.717) is 18.8 Å². The van der Waals surface area contributed by atoms with Gasteiger partial charge in [0.2, 0.25) is 0 Å². The highest BCUT2D eigenvalue weighted by atomic mass is 16.5. The molecule has 0 saturated carbocycles. The van der Waals surface area contributed by atoms with Crippen LogP contribution in [0.25, 0.3) is 0 Å². The van der Waals surface area contributed by atoms with Crippen LogP contribution in [0, 0.1) is 0 Å². The molecule has 0 heterocycles. The molecule has 0 aliphatic rings. The summed E-state index contributed by atoms with van der Waals surface area (Å²) in [4.78, 5) is 19.1. The Morgan fingerprint density at radius 2 is 1.66 bits per heavy atom. The van der Waals surface area contributed by atoms with Crippen molar-refractivity contribution in [3.8, 4) is 5.75 Å². The second kappa shape index (κ2) is 13.1. The molecule has 0 aliphatic carbocycles. The Labute approximate surface area is 170 Å². The number of carboxylic acid groups (broad SMARTS) is 2. The van der Waals surface area contributed by atoms with E-state index in [9.17, 15) is 9.59 Å². The van der Waals surface area contributed by atoms with E-state index >= 15 is 0 Å². The van der Waals surface area contributed by atoms with Gasteiger partial charge in [0.15, 0.2) is 0 Å². The van der Waals surface area contributed by atoms with E-state index in [0.717, 1.165) is 23.3 Å². The summed E-state index contributed by atoms with van der Waals surface area (Å²) in [6.07, 6.45) is 1.93. The van der Waals surface area contributed by atoms with Gasteiger partial charge >= 0.3 is 11.9 Å². The number of ether oxygens (including phenoxy) is 2. The van der Waals surface area contributed by atoms with E-state index in [1.165, 1.54) is 0 Å². The van der Waals surface area contributed by atoms with Crippen molar-refractivity contribution in [3.05, 3.63) is 77.9 Å². The van der Waals surface area contributed by atoms with Crippen LogP contribution in [-0.4, -0.2) is 35.3 Å². The lowest BCUT2D eigenvalue weighted by atomic mass is 10.0. The molecule has 0 bridgehead atoms. The molecule has 0 radical (unpaired) electrons. The molecule has 2 unspecified atom stereocenters. The molecule has 7 nitrogen and oxygen atoms in total. The third-order valence-corrected chi connectivity index (χ3v) is 3.71. The van der Waals surface area contributed by atoms with Crippen LogP contribution in [0.1, 0.15) is 30.6 Å². The molecule has 2 aromatic carbocycles. The van der Waals surface area contributed by atoms with E-state index in [-0.39, 0.29) is 12.1 Å². The normalized spacial score (nSPS) is 12.5. The van der Waals surface area contributed by atoms with Crippen LogP contribution in [0.15, 0.2) is 66.7 Å². The van der Waals surface area contributed by atoms with Gasteiger partial charge in [-0.25, -0.2) is 9.59 Å². The Morgan fingerprint density at radius 3 is 2.17 bits per heavy atom. The highest BCUT2D eigenvalue weighted by molar-refractivity contribution is 5.89. The van der Waals surface area contributed by atoms with E-state index in [1.54, 1.807) is 7.11 Å². The summed E-state index contributed by atoms with van der Waals surface area (Å²) < 4.78 is 11.3. The number of hydrogen-bond donors (Lipinski definition) is 3. The molecule has 0 spiro atoms. The standard InChI is InChI=1S/C18H23NO2.C4H4O4/c1-14(19)11-18(16-8-4-3-5-9-16)21-13-15-7-6-10-17(12-15)20-2;5-3(6)1-2-4(7)8/h3-10,12,14,18H,11,13,19H2,1-2H3;1-2H,(H,5,6)(H,7,8)/b;2-1-. The summed E-state index contributed by atoms with van der Waals surface area (Å²) in [6.45, 7) is 2.55. The molecular weight excluding hydrogens is 374 g/mol. The molecule has 2 aromatic rings. The van der Waals surface area contributed by atoms with Crippen LogP contribution in [-0.2, 0) is 20.9 Å². The molecule has 2 atom stereocenters. The second-order valence-electron chi connectivity index (χ2n) is 6.28. The quantitative estimate of drug-likeness (QED) is 0.551. The average Bonchev–Trinajstić information content (AvgIpc) is 2.70. The molecular formula is C22H27NO6. The van der Waals surface area contributed by atoms with Gasteiger partial charge in [0.1, 0.15) is 5.75 Å². The Hall–Kier alpha value is -3.16. The topological polar surface area (TPSA) is 119 Å². The van der Waals surface area contributed by atoms with Gasteiger partial charge in [-0.3, -0.25) is 0 Å². The first-order valence-electron chi connectivity index (χ1n) is 9.00. The van der Waals surface area contributed by atoms with Crippen molar-refractivity contribution in [2.24, 2.45) is 5.73 Å². The van der Waals surface area contributed by atoms with Gasteiger partial charge in [-0.2, -0.15) is 0 Å². The molecule has 0 saturated heterocycles. The highest BCUT2D eigenvalue weighted by Crippen LogP contribution is 2.24. The minimum absolute atomic E-state index is 0.0115. The number of benzene rings is 2. The van der Waals surface area contributed by atoms with Crippen molar-refractivity contribution in [1.29, 1.82) is 0 Å². The second-order valence-corrected chi connectivity index (χ2v) is 6.28. The lowest BCUT2D eigenvalue weighted by molar-refractivity contribution is -0.134. The maximum atomic E-state index is 9.55. The minimum atomic E-state index is -1.26. The van der Waals surface area contributed by atoms with Crippen LogP contribution in [0.4, 0.5) is 0 Å². The Kier molecular flexibility index (Phi) is 10.8. The van der Waals surface area contributed by atoms with E-state index < -0.39 is 11.9 Å². The molecule has 0 amide bonds. The van der Waals surface area contributed by atoms with Crippen LogP contribution in [0.3, 0.4) is 0 Å². The number of hydrogen-bond acceptors (Lipinski definition) is 5. The fourth-order valence-electron chi connectivity index (χ4n) is 2.41. The van der Waals surface area contributed by atoms with Gasteiger partial charge in [-0.15, -0.1) is 0 Å². The first-order valence-corrected chi connectivity index (χ1v) is 9.00. The summed E-state index contributed by atoms with van der Waals surface area (Å²) in [5.74, 6) is -1.67. The predicted octanol–water partition coefficient (Wildman–Crippen LogP) is 3.40. The van der Waals surface area contributed by atoms with E-state index in [2.05, 4.69) is 12.1 Å². The van der Waals surface area contributed by atoms with Crippen LogP contribution < -0.4 is 10.5 Å². The Morgan fingerprint density at radius 1 is 1.03 bits per heavy atom. The third kappa shape index (κ3) is 10.7. The van der Waals surface area contributed by atoms with Crippen molar-refractivity contribution in [2.75, 3.05) is 7.11 Å². The Bertz CT molecular complexity index is 773. The van der Waals surface area contributed by atoms with Gasteiger partial charge in [0.05, 0.1) is 19.8 Å². The van der Waals surface area contributed by atoms with Crippen molar-refractivity contribution in [3.63, 3.8) is 0 Å². The zero-order valence-electron chi connectivity index (χ0n) is 16.5. The zero-order chi connectivity index (χ0) is 21.6. The number of carboxylic acids is 2. The van der Waals surface area contributed by atoms with Gasteiger partial charge < -0.3 is 25.4 Å². The molecule has 7 heteroatoms. The average molecular weight is 401 g/mol. The number of methoxy groups -OCH3 is 1. The monoisotopic (exact) mass is 401 g/mol. The summed E-state index contributed by atoms with van der Waals surface area (Å²) in [5, 5.41) is 15.6. The molecule has 29 heavy (non-hydrogen) atoms. The predicted molar refractivity (Wildman–Crippen MR) is 110 cm³/mol. The van der Waals surface area contributed by atoms with E-state index in [4.69, 9.17) is 25.4 Å². The van der Waals surface area contributed by atoms with Crippen LogP contribution in [0.2, 0.25) is 0 Å². The molecule has 0 aliphatic heterocycles. The summed E-state index contributed by atoms with van der Waals surface area (Å²) in [6, 6.07) is 18.3. The van der Waals surface area contributed by atoms with Gasteiger partial charge in [-0.05, 0) is 36.6 Å². The maximum absolute atomic E-state index is 9.55. The van der Waals surface area contributed by atoms with Crippen LogP contribution in [0.5, 0.6) is 5.75 Å². The lowest BCUT2D eigenvalue weighted by Gasteiger charge is -2.20. The summed E-state index contributed by atoms with van der Waals surface area (Å²) in [7, 11) is 1.67. The first kappa shape index (κ1) is 23.9. The first-order chi connectivity index (χ1) is 13.8. The van der Waals surface area contributed by atoms with Gasteiger partial charge in [0, 0.05) is 18.2 Å². The van der Waals surface area contributed by atoms with E-state index in [1.807, 2.05) is 49.4 Å². The zero-order valence-corrected chi connectivity index (χ0v) is 16.5. The van der Waals surface area contributed by atoms with Crippen molar-refractivity contribution in [2.45, 2.75) is 32.1 Å². The number of nitrogens with two attached hydrogens (primary N) is 1. The van der Waals surface area contributed by atoms with Crippen LogP contribution >= 0.6 is 0 Å². The SMILES string of the molecule is COc1cccc(COC(CC(C)N)c2ccccc2)c1.O=C(O)/C=C\C(=O)O. The molecule has 156 valence electrons. The van der Waals surface area contributed by atoms with Gasteiger partial charge in [-0.1, -0.05) is 42.5 Å². The molecule has 4 N–H and O–H groups in total. The maximum Gasteiger partial charge on any atom is 0.328 e. The lowest BCUT2D eigenvalue weighted by Crippen LogP contribution is -2.20. The van der Waals surface area contributed by atoms with Crippen molar-refractivity contribution >= 4 is 11.9 Å². The summed E-state index contributed by atoms with van der Waals surface area (Å²) in [5.41, 5.74) is 8.21. The van der Waals surface area contributed by atoms with Gasteiger partial charge in [0.25, 0.3) is 0 Å². The highest BCUT2D eigenvalue weighted by Gasteiger charge is 2.14. The summed E-state index contributed by atoms with van der Waals surface area (Å²) >= 11 is 0. The molecule has 0 fully saturated rings. The minimum Gasteiger partial charge on any atom is -0.497 e. The smallest absolute Gasteiger partial charge is 0.328 e. The number of carbonyl (C=O) groups is 2. The fraction of sp³-hybridized carbons (Fsp3) is 0.273. The molecule has 2 rings (SSSR count).